The van der Waals surface area contributed by atoms with Gasteiger partial charge in [-0.2, -0.15) is 5.10 Å². The van der Waals surface area contributed by atoms with E-state index in [-0.39, 0.29) is 6.03 Å². The Kier molecular flexibility index (Phi) is 7.20. The maximum Gasteiger partial charge on any atom is 0.332 e. The van der Waals surface area contributed by atoms with Gasteiger partial charge in [0.2, 0.25) is 5.75 Å². The van der Waals surface area contributed by atoms with Crippen LogP contribution in [0.15, 0.2) is 42.9 Å². The van der Waals surface area contributed by atoms with Crippen molar-refractivity contribution in [3.8, 4) is 28.5 Å². The summed E-state index contributed by atoms with van der Waals surface area (Å²) in [5, 5.41) is 7.14. The van der Waals surface area contributed by atoms with Crippen molar-refractivity contribution >= 4 is 35.8 Å². The molecule has 3 heterocycles. The molecule has 0 radical (unpaired) electrons. The second kappa shape index (κ2) is 10.5. The molecule has 2 amide bonds. The van der Waals surface area contributed by atoms with Gasteiger partial charge in [0.25, 0.3) is 0 Å². The van der Waals surface area contributed by atoms with Crippen LogP contribution in [0, 0.1) is 0 Å². The van der Waals surface area contributed by atoms with Gasteiger partial charge < -0.3 is 14.2 Å². The van der Waals surface area contributed by atoms with Crippen molar-refractivity contribution in [3.63, 3.8) is 0 Å². The average Bonchev–Trinajstić information content (AvgIpc) is 3.35. The average molecular weight is 496 g/mol. The highest BCUT2D eigenvalue weighted by atomic mass is 32.1. The van der Waals surface area contributed by atoms with Gasteiger partial charge in [0, 0.05) is 18.3 Å². The Balaban J connectivity index is 1.57. The Morgan fingerprint density at radius 3 is 2.49 bits per heavy atom. The molecule has 11 nitrogen and oxygen atoms in total. The molecule has 0 atom stereocenters. The molecule has 4 rings (SSSR count). The van der Waals surface area contributed by atoms with E-state index in [4.69, 9.17) is 14.2 Å². The summed E-state index contributed by atoms with van der Waals surface area (Å²) in [6.07, 6.45) is 5.24. The van der Waals surface area contributed by atoms with E-state index in [2.05, 4.69) is 38.2 Å². The van der Waals surface area contributed by atoms with Crippen molar-refractivity contribution in [2.75, 3.05) is 33.2 Å². The molecule has 3 aromatic heterocycles. The fraction of sp³-hybridized carbons (Fsp3) is 0.261. The number of benzene rings is 1. The van der Waals surface area contributed by atoms with Crippen LogP contribution in [0.25, 0.3) is 22.4 Å². The van der Waals surface area contributed by atoms with E-state index in [0.717, 1.165) is 11.1 Å². The van der Waals surface area contributed by atoms with Crippen molar-refractivity contribution in [1.29, 1.82) is 0 Å². The minimum Gasteiger partial charge on any atom is -0.493 e. The topological polar surface area (TPSA) is 117 Å². The lowest BCUT2D eigenvalue weighted by molar-refractivity contribution is 0.240. The van der Waals surface area contributed by atoms with Crippen molar-refractivity contribution in [1.82, 2.24) is 29.0 Å². The molecule has 0 aliphatic rings. The van der Waals surface area contributed by atoms with E-state index in [1.807, 2.05) is 25.3 Å². The minimum absolute atomic E-state index is 0.361. The number of nitrogens with zero attached hydrogens (tertiary/aromatic N) is 6. The Hall–Kier alpha value is -4.06. The van der Waals surface area contributed by atoms with Crippen LogP contribution in [0.1, 0.15) is 12.5 Å². The maximum atomic E-state index is 12.1. The number of carbonyl (C=O) groups excluding carboxylic acids is 1. The first-order chi connectivity index (χ1) is 16.9. The zero-order chi connectivity index (χ0) is 24.9. The molecule has 0 bridgehead atoms. The Bertz CT molecular complexity index is 1340. The SMILES string of the molecule is CCN(S)C(=O)Nc1ccc2ncc(-c3cnn(Cc4cc(OC)c(OC)c(OC)c4)c3)nc2n1. The lowest BCUT2D eigenvalue weighted by Gasteiger charge is -2.14. The predicted molar refractivity (Wildman–Crippen MR) is 134 cm³/mol. The normalized spacial score (nSPS) is 10.8. The summed E-state index contributed by atoms with van der Waals surface area (Å²) in [7, 11) is 4.72. The molecule has 1 N–H and O–H groups in total. The van der Waals surface area contributed by atoms with Crippen molar-refractivity contribution in [2.45, 2.75) is 13.5 Å². The molecule has 0 aliphatic carbocycles. The first kappa shape index (κ1) is 24.1. The summed E-state index contributed by atoms with van der Waals surface area (Å²) in [5.74, 6) is 2.04. The van der Waals surface area contributed by atoms with Crippen molar-refractivity contribution < 1.29 is 19.0 Å². The van der Waals surface area contributed by atoms with Gasteiger partial charge >= 0.3 is 6.03 Å². The summed E-state index contributed by atoms with van der Waals surface area (Å²) in [6, 6.07) is 6.80. The molecule has 182 valence electrons. The Morgan fingerprint density at radius 1 is 1.09 bits per heavy atom. The number of pyridine rings is 1. The summed E-state index contributed by atoms with van der Waals surface area (Å²) in [5.41, 5.74) is 3.31. The molecule has 0 unspecified atom stereocenters. The fourth-order valence-electron chi connectivity index (χ4n) is 3.42. The number of aromatic nitrogens is 5. The van der Waals surface area contributed by atoms with Gasteiger partial charge in [-0.3, -0.25) is 19.3 Å². The molecular weight excluding hydrogens is 470 g/mol. The number of fused-ring (bicyclic) bond motifs is 1. The van der Waals surface area contributed by atoms with Gasteiger partial charge in [0.1, 0.15) is 11.3 Å². The number of carbonyl (C=O) groups is 1. The standard InChI is InChI=1S/C23H25N7O4S/c1-5-30(35)23(31)28-20-7-6-16-22(27-20)26-17(11-24-16)15-10-25-29(13-15)12-14-8-18(32-2)21(34-4)19(9-14)33-3/h6-11,13,35H,5,12H2,1-4H3,(H,26,27,28,31). The predicted octanol–water partition coefficient (Wildman–Crippen LogP) is 3.66. The molecule has 0 saturated heterocycles. The summed E-state index contributed by atoms with van der Waals surface area (Å²) >= 11 is 4.10. The van der Waals surface area contributed by atoms with Crippen LogP contribution in [0.4, 0.5) is 10.6 Å². The number of rotatable bonds is 8. The van der Waals surface area contributed by atoms with Crippen molar-refractivity contribution in [2.24, 2.45) is 0 Å². The number of hydrogen-bond donors (Lipinski definition) is 2. The van der Waals surface area contributed by atoms with Crippen LogP contribution in [-0.4, -0.2) is 62.9 Å². The first-order valence-electron chi connectivity index (χ1n) is 10.7. The maximum absolute atomic E-state index is 12.1. The lowest BCUT2D eigenvalue weighted by Crippen LogP contribution is -2.27. The second-order valence-corrected chi connectivity index (χ2v) is 7.88. The largest absolute Gasteiger partial charge is 0.493 e. The monoisotopic (exact) mass is 495 g/mol. The highest BCUT2D eigenvalue weighted by Gasteiger charge is 2.15. The van der Waals surface area contributed by atoms with Crippen LogP contribution in [-0.2, 0) is 6.54 Å². The molecular formula is C23H25N7O4S. The van der Waals surface area contributed by atoms with E-state index in [1.54, 1.807) is 50.5 Å². The minimum atomic E-state index is -0.375. The Morgan fingerprint density at radius 2 is 1.83 bits per heavy atom. The number of ether oxygens (including phenoxy) is 3. The summed E-state index contributed by atoms with van der Waals surface area (Å²) in [4.78, 5) is 25.5. The van der Waals surface area contributed by atoms with Gasteiger partial charge in [0.15, 0.2) is 17.1 Å². The fourth-order valence-corrected chi connectivity index (χ4v) is 3.47. The number of anilines is 1. The van der Waals surface area contributed by atoms with E-state index in [1.165, 1.54) is 4.31 Å². The second-order valence-electron chi connectivity index (χ2n) is 7.40. The zero-order valence-electron chi connectivity index (χ0n) is 19.7. The third-order valence-electron chi connectivity index (χ3n) is 5.17. The van der Waals surface area contributed by atoms with E-state index < -0.39 is 0 Å². The number of thiol groups is 1. The number of urea groups is 1. The third kappa shape index (κ3) is 5.22. The third-order valence-corrected chi connectivity index (χ3v) is 5.64. The molecule has 12 heteroatoms. The molecule has 0 spiro atoms. The highest BCUT2D eigenvalue weighted by Crippen LogP contribution is 2.38. The molecule has 0 aliphatic heterocycles. The van der Waals surface area contributed by atoms with Gasteiger partial charge in [-0.05, 0) is 36.8 Å². The lowest BCUT2D eigenvalue weighted by atomic mass is 10.2. The molecule has 0 fully saturated rings. The number of amides is 2. The van der Waals surface area contributed by atoms with E-state index in [9.17, 15) is 4.79 Å². The number of hydrogen-bond acceptors (Lipinski definition) is 9. The van der Waals surface area contributed by atoms with Crippen LogP contribution in [0.3, 0.4) is 0 Å². The number of nitrogens with one attached hydrogen (secondary N) is 1. The first-order valence-corrected chi connectivity index (χ1v) is 11.1. The van der Waals surface area contributed by atoms with Crippen LogP contribution >= 0.6 is 12.8 Å². The van der Waals surface area contributed by atoms with Crippen LogP contribution < -0.4 is 19.5 Å². The van der Waals surface area contributed by atoms with E-state index in [0.29, 0.717) is 53.0 Å². The molecule has 1 aromatic carbocycles. The van der Waals surface area contributed by atoms with Gasteiger partial charge in [-0.1, -0.05) is 12.8 Å². The highest BCUT2D eigenvalue weighted by molar-refractivity contribution is 7.78. The van der Waals surface area contributed by atoms with Gasteiger partial charge in [0.05, 0.1) is 46.0 Å². The van der Waals surface area contributed by atoms with Crippen LogP contribution in [0.5, 0.6) is 17.2 Å². The molecule has 4 aromatic rings. The van der Waals surface area contributed by atoms with Gasteiger partial charge in [-0.25, -0.2) is 14.8 Å². The van der Waals surface area contributed by atoms with Crippen LogP contribution in [0.2, 0.25) is 0 Å². The van der Waals surface area contributed by atoms with E-state index >= 15 is 0 Å². The smallest absolute Gasteiger partial charge is 0.332 e. The summed E-state index contributed by atoms with van der Waals surface area (Å²) in [6.45, 7) is 2.75. The Labute approximate surface area is 207 Å². The quantitative estimate of drug-likeness (QED) is 0.356. The van der Waals surface area contributed by atoms with Gasteiger partial charge in [-0.15, -0.1) is 0 Å². The zero-order valence-corrected chi connectivity index (χ0v) is 20.6. The molecule has 0 saturated carbocycles. The summed E-state index contributed by atoms with van der Waals surface area (Å²) < 4.78 is 19.3. The van der Waals surface area contributed by atoms with Crippen molar-refractivity contribution in [3.05, 3.63) is 48.4 Å². The number of methoxy groups -OCH3 is 3. The molecule has 35 heavy (non-hydrogen) atoms.